The number of hydrogen-bond acceptors (Lipinski definition) is 5. The molecule has 0 unspecified atom stereocenters. The average Bonchev–Trinajstić information content (AvgIpc) is 2.95. The molecule has 1 amide bonds. The summed E-state index contributed by atoms with van der Waals surface area (Å²) in [6.45, 7) is 0. The number of nitrogens with one attached hydrogen (secondary N) is 2. The van der Waals surface area contributed by atoms with Gasteiger partial charge in [0.15, 0.2) is 0 Å². The van der Waals surface area contributed by atoms with Crippen LogP contribution in [0.4, 0.5) is 11.4 Å². The van der Waals surface area contributed by atoms with Crippen molar-refractivity contribution in [3.05, 3.63) is 53.7 Å². The van der Waals surface area contributed by atoms with Crippen LogP contribution in [0.25, 0.3) is 10.1 Å². The average molecular weight is 284 g/mol. The van der Waals surface area contributed by atoms with Gasteiger partial charge in [0.05, 0.1) is 11.9 Å². The molecule has 0 aliphatic rings. The molecule has 2 aromatic heterocycles. The molecule has 0 bridgehead atoms. The number of carbonyl (C=O) groups excluding carboxylic acids is 1. The number of nitrogens with two attached hydrogens (primary N) is 1. The Bertz CT molecular complexity index is 751. The lowest BCUT2D eigenvalue weighted by molar-refractivity contribution is 0.102. The molecule has 3 rings (SSSR count). The highest BCUT2D eigenvalue weighted by atomic mass is 32.1. The maximum absolute atomic E-state index is 12.1. The smallest absolute Gasteiger partial charge is 0.274 e. The number of nitrogens with zero attached hydrogens (tertiary/aromatic N) is 1. The third-order valence-electron chi connectivity index (χ3n) is 2.87. The summed E-state index contributed by atoms with van der Waals surface area (Å²) in [5.41, 5.74) is 4.22. The Balaban J connectivity index is 1.80. The fourth-order valence-electron chi connectivity index (χ4n) is 1.85. The van der Waals surface area contributed by atoms with E-state index in [1.807, 2.05) is 29.6 Å². The first-order chi connectivity index (χ1) is 9.76. The van der Waals surface area contributed by atoms with Crippen molar-refractivity contribution in [1.29, 1.82) is 0 Å². The number of thiophene rings is 1. The highest BCUT2D eigenvalue weighted by molar-refractivity contribution is 7.17. The van der Waals surface area contributed by atoms with Crippen LogP contribution in [0.5, 0.6) is 0 Å². The summed E-state index contributed by atoms with van der Waals surface area (Å²) in [6.07, 6.45) is 1.51. The van der Waals surface area contributed by atoms with Gasteiger partial charge in [0.1, 0.15) is 5.69 Å². The maximum atomic E-state index is 12.1. The fraction of sp³-hybridized carbons (Fsp3) is 0. The minimum absolute atomic E-state index is 0.247. The zero-order valence-corrected chi connectivity index (χ0v) is 11.3. The normalized spacial score (nSPS) is 10.4. The standard InChI is InChI=1S/C14H12N4OS/c15-18-11-1-3-12(16-8-11)14(19)17-10-2-4-13-9(7-10)5-6-20-13/h1-8,18H,15H2,(H,17,19). The van der Waals surface area contributed by atoms with Gasteiger partial charge in [-0.2, -0.15) is 0 Å². The van der Waals surface area contributed by atoms with Gasteiger partial charge in [-0.25, -0.2) is 4.98 Å². The van der Waals surface area contributed by atoms with E-state index in [9.17, 15) is 4.79 Å². The van der Waals surface area contributed by atoms with Gasteiger partial charge in [-0.05, 0) is 47.2 Å². The van der Waals surface area contributed by atoms with E-state index in [0.29, 0.717) is 11.4 Å². The van der Waals surface area contributed by atoms with Crippen LogP contribution in [0.3, 0.4) is 0 Å². The molecule has 5 nitrogen and oxygen atoms in total. The van der Waals surface area contributed by atoms with Gasteiger partial charge >= 0.3 is 0 Å². The number of carbonyl (C=O) groups is 1. The number of rotatable bonds is 3. The van der Waals surface area contributed by atoms with Crippen molar-refractivity contribution >= 4 is 38.7 Å². The lowest BCUT2D eigenvalue weighted by Gasteiger charge is -2.05. The summed E-state index contributed by atoms with van der Waals surface area (Å²) < 4.78 is 1.19. The van der Waals surface area contributed by atoms with Gasteiger partial charge in [0, 0.05) is 10.4 Å². The van der Waals surface area contributed by atoms with Crippen LogP contribution in [-0.4, -0.2) is 10.9 Å². The van der Waals surface area contributed by atoms with Crippen LogP contribution in [0, 0.1) is 0 Å². The number of pyridine rings is 1. The highest BCUT2D eigenvalue weighted by Crippen LogP contribution is 2.24. The fourth-order valence-corrected chi connectivity index (χ4v) is 2.62. The topological polar surface area (TPSA) is 80.0 Å². The van der Waals surface area contributed by atoms with Crippen molar-refractivity contribution in [3.63, 3.8) is 0 Å². The van der Waals surface area contributed by atoms with Gasteiger partial charge < -0.3 is 10.7 Å². The molecule has 3 aromatic rings. The molecule has 6 heteroatoms. The number of fused-ring (bicyclic) bond motifs is 1. The van der Waals surface area contributed by atoms with Gasteiger partial charge in [0.2, 0.25) is 0 Å². The Morgan fingerprint density at radius 3 is 2.75 bits per heavy atom. The lowest BCUT2D eigenvalue weighted by Crippen LogP contribution is -2.14. The first kappa shape index (κ1) is 12.6. The SMILES string of the molecule is NNc1ccc(C(=O)Nc2ccc3sccc3c2)nc1. The van der Waals surface area contributed by atoms with Crippen LogP contribution in [0.1, 0.15) is 10.5 Å². The molecular weight excluding hydrogens is 272 g/mol. The third kappa shape index (κ3) is 2.47. The Morgan fingerprint density at radius 1 is 1.15 bits per heavy atom. The monoisotopic (exact) mass is 284 g/mol. The molecule has 0 aliphatic heterocycles. The summed E-state index contributed by atoms with van der Waals surface area (Å²) in [7, 11) is 0. The summed E-state index contributed by atoms with van der Waals surface area (Å²) >= 11 is 1.67. The number of nitrogen functional groups attached to an aromatic ring is 1. The van der Waals surface area contributed by atoms with Crippen LogP contribution < -0.4 is 16.6 Å². The zero-order valence-electron chi connectivity index (χ0n) is 10.5. The van der Waals surface area contributed by atoms with E-state index < -0.39 is 0 Å². The molecule has 0 radical (unpaired) electrons. The second-order valence-electron chi connectivity index (χ2n) is 4.20. The lowest BCUT2D eigenvalue weighted by atomic mass is 10.2. The van der Waals surface area contributed by atoms with Crippen LogP contribution in [0.15, 0.2) is 48.0 Å². The number of benzene rings is 1. The number of hydrazine groups is 1. The Kier molecular flexibility index (Phi) is 3.32. The summed E-state index contributed by atoms with van der Waals surface area (Å²) in [5.74, 6) is 5.01. The Hall–Kier alpha value is -2.44. The molecular formula is C14H12N4OS. The van der Waals surface area contributed by atoms with Crippen molar-refractivity contribution in [2.45, 2.75) is 0 Å². The Labute approximate surface area is 119 Å². The van der Waals surface area contributed by atoms with Crippen LogP contribution >= 0.6 is 11.3 Å². The molecule has 0 saturated carbocycles. The molecule has 4 N–H and O–H groups in total. The molecule has 1 aromatic carbocycles. The number of amides is 1. The third-order valence-corrected chi connectivity index (χ3v) is 3.77. The van der Waals surface area contributed by atoms with Crippen molar-refractivity contribution in [2.24, 2.45) is 5.84 Å². The van der Waals surface area contributed by atoms with Crippen LogP contribution in [0.2, 0.25) is 0 Å². The molecule has 0 spiro atoms. The second-order valence-corrected chi connectivity index (χ2v) is 5.15. The van der Waals surface area contributed by atoms with Crippen molar-refractivity contribution in [2.75, 3.05) is 10.7 Å². The van der Waals surface area contributed by atoms with E-state index in [1.54, 1.807) is 23.5 Å². The summed E-state index contributed by atoms with van der Waals surface area (Å²) in [5, 5.41) is 5.97. The molecule has 0 aliphatic carbocycles. The maximum Gasteiger partial charge on any atom is 0.274 e. The van der Waals surface area contributed by atoms with E-state index in [1.165, 1.54) is 10.9 Å². The van der Waals surface area contributed by atoms with Crippen LogP contribution in [-0.2, 0) is 0 Å². The summed E-state index contributed by atoms with van der Waals surface area (Å²) in [6, 6.07) is 11.2. The predicted octanol–water partition coefficient (Wildman–Crippen LogP) is 2.83. The largest absolute Gasteiger partial charge is 0.323 e. The van der Waals surface area contributed by atoms with Gasteiger partial charge in [0.25, 0.3) is 5.91 Å². The van der Waals surface area contributed by atoms with Gasteiger partial charge in [-0.15, -0.1) is 11.3 Å². The van der Waals surface area contributed by atoms with E-state index >= 15 is 0 Å². The number of anilines is 2. The zero-order chi connectivity index (χ0) is 13.9. The van der Waals surface area contributed by atoms with Crippen molar-refractivity contribution < 1.29 is 4.79 Å². The molecule has 0 atom stereocenters. The second kappa shape index (κ2) is 5.28. The molecule has 100 valence electrons. The quantitative estimate of drug-likeness (QED) is 0.510. The number of hydrogen-bond donors (Lipinski definition) is 3. The predicted molar refractivity (Wildman–Crippen MR) is 81.8 cm³/mol. The first-order valence-electron chi connectivity index (χ1n) is 5.97. The van der Waals surface area contributed by atoms with E-state index in [-0.39, 0.29) is 5.91 Å². The van der Waals surface area contributed by atoms with Gasteiger partial charge in [-0.3, -0.25) is 10.6 Å². The molecule has 0 saturated heterocycles. The van der Waals surface area contributed by atoms with Crippen molar-refractivity contribution in [1.82, 2.24) is 4.98 Å². The first-order valence-corrected chi connectivity index (χ1v) is 6.85. The molecule has 0 fully saturated rings. The highest BCUT2D eigenvalue weighted by Gasteiger charge is 2.08. The van der Waals surface area contributed by atoms with Crippen molar-refractivity contribution in [3.8, 4) is 0 Å². The van der Waals surface area contributed by atoms with E-state index in [0.717, 1.165) is 11.1 Å². The van der Waals surface area contributed by atoms with E-state index in [4.69, 9.17) is 5.84 Å². The summed E-state index contributed by atoms with van der Waals surface area (Å²) in [4.78, 5) is 16.1. The minimum Gasteiger partial charge on any atom is -0.323 e. The van der Waals surface area contributed by atoms with E-state index in [2.05, 4.69) is 15.7 Å². The van der Waals surface area contributed by atoms with Gasteiger partial charge in [-0.1, -0.05) is 0 Å². The number of aromatic nitrogens is 1. The minimum atomic E-state index is -0.247. The Morgan fingerprint density at radius 2 is 2.00 bits per heavy atom. The molecule has 2 heterocycles. The molecule has 20 heavy (non-hydrogen) atoms.